The molecular weight excluding hydrogens is 276 g/mol. The van der Waals surface area contributed by atoms with Crippen molar-refractivity contribution in [3.05, 3.63) is 0 Å². The van der Waals surface area contributed by atoms with Gasteiger partial charge in [0.2, 0.25) is 0 Å². The van der Waals surface area contributed by atoms with Crippen LogP contribution in [0.4, 0.5) is 4.79 Å². The molecule has 20 heavy (non-hydrogen) atoms. The lowest BCUT2D eigenvalue weighted by molar-refractivity contribution is 0.114. The molecular formula is C13H24N4O2S. The second kappa shape index (κ2) is 8.26. The van der Waals surface area contributed by atoms with E-state index in [1.54, 1.807) is 0 Å². The van der Waals surface area contributed by atoms with Gasteiger partial charge in [0, 0.05) is 19.2 Å². The van der Waals surface area contributed by atoms with Crippen LogP contribution in [0.3, 0.4) is 0 Å². The van der Waals surface area contributed by atoms with E-state index in [1.165, 1.54) is 19.3 Å². The summed E-state index contributed by atoms with van der Waals surface area (Å²) in [5, 5.41) is 6.40. The molecule has 2 fully saturated rings. The van der Waals surface area contributed by atoms with Crippen molar-refractivity contribution in [2.45, 2.75) is 57.1 Å². The van der Waals surface area contributed by atoms with Crippen molar-refractivity contribution in [1.29, 1.82) is 0 Å². The van der Waals surface area contributed by atoms with E-state index in [4.69, 9.17) is 17.0 Å². The third kappa shape index (κ3) is 5.50. The molecule has 1 saturated heterocycles. The molecule has 0 unspecified atom stereocenters. The molecule has 0 spiro atoms. The molecule has 0 aromatic carbocycles. The lowest BCUT2D eigenvalue weighted by Gasteiger charge is -2.23. The van der Waals surface area contributed by atoms with Gasteiger partial charge in [-0.25, -0.2) is 10.2 Å². The zero-order valence-electron chi connectivity index (χ0n) is 11.7. The summed E-state index contributed by atoms with van der Waals surface area (Å²) in [6.45, 7) is 1.51. The first kappa shape index (κ1) is 15.3. The lowest BCUT2D eigenvalue weighted by Crippen LogP contribution is -2.53. The van der Waals surface area contributed by atoms with Crippen molar-refractivity contribution < 1.29 is 9.53 Å². The Morgan fingerprint density at radius 1 is 1.10 bits per heavy atom. The summed E-state index contributed by atoms with van der Waals surface area (Å²) in [6, 6.07) is 0.0668. The highest BCUT2D eigenvalue weighted by Crippen LogP contribution is 2.17. The van der Waals surface area contributed by atoms with Crippen molar-refractivity contribution in [2.24, 2.45) is 0 Å². The van der Waals surface area contributed by atoms with Gasteiger partial charge in [-0.05, 0) is 37.9 Å². The van der Waals surface area contributed by atoms with Gasteiger partial charge in [0.05, 0.1) is 6.10 Å². The van der Waals surface area contributed by atoms with Gasteiger partial charge in [-0.2, -0.15) is 0 Å². The van der Waals surface area contributed by atoms with Gasteiger partial charge < -0.3 is 15.4 Å². The van der Waals surface area contributed by atoms with Crippen LogP contribution >= 0.6 is 12.2 Å². The zero-order chi connectivity index (χ0) is 14.2. The molecule has 0 aromatic heterocycles. The van der Waals surface area contributed by atoms with E-state index in [-0.39, 0.29) is 12.1 Å². The van der Waals surface area contributed by atoms with Crippen LogP contribution in [0.15, 0.2) is 0 Å². The van der Waals surface area contributed by atoms with Crippen molar-refractivity contribution in [3.8, 4) is 0 Å². The molecule has 2 rings (SSSR count). The topological polar surface area (TPSA) is 74.4 Å². The highest BCUT2D eigenvalue weighted by atomic mass is 32.1. The number of nitrogens with one attached hydrogen (secondary N) is 4. The molecule has 1 aliphatic heterocycles. The quantitative estimate of drug-likeness (QED) is 0.465. The molecule has 1 aliphatic carbocycles. The largest absolute Gasteiger partial charge is 0.376 e. The second-order valence-corrected chi connectivity index (χ2v) is 5.81. The maximum Gasteiger partial charge on any atom is 0.333 e. The third-order valence-electron chi connectivity index (χ3n) is 3.74. The van der Waals surface area contributed by atoms with Crippen molar-refractivity contribution in [1.82, 2.24) is 21.5 Å². The fourth-order valence-electron chi connectivity index (χ4n) is 2.64. The molecule has 114 valence electrons. The van der Waals surface area contributed by atoms with Gasteiger partial charge in [0.1, 0.15) is 0 Å². The molecule has 1 heterocycles. The van der Waals surface area contributed by atoms with Crippen molar-refractivity contribution in [3.63, 3.8) is 0 Å². The molecule has 0 aromatic rings. The standard InChI is InChI=1S/C13H24N4O2S/c18-12(15-10-5-2-1-3-6-10)16-17-13(20)14-9-11-7-4-8-19-11/h10-11H,1-9H2,(H2,14,17,20)(H2,15,16,18)/t11-/m0/s1. The van der Waals surface area contributed by atoms with E-state index in [0.717, 1.165) is 32.3 Å². The number of ether oxygens (including phenoxy) is 1. The Labute approximate surface area is 125 Å². The first-order chi connectivity index (χ1) is 9.74. The SMILES string of the molecule is O=C(NNC(=S)NC[C@@H]1CCCO1)NC1CCCCC1. The predicted octanol–water partition coefficient (Wildman–Crippen LogP) is 1.18. The Bertz CT molecular complexity index is 328. The van der Waals surface area contributed by atoms with E-state index in [2.05, 4.69) is 21.5 Å². The maximum atomic E-state index is 11.7. The summed E-state index contributed by atoms with van der Waals surface area (Å²) in [5.74, 6) is 0. The van der Waals surface area contributed by atoms with Crippen molar-refractivity contribution in [2.75, 3.05) is 13.2 Å². The Balaban J connectivity index is 1.53. The third-order valence-corrected chi connectivity index (χ3v) is 3.99. The number of carbonyl (C=O) groups excluding carboxylic acids is 1. The molecule has 1 atom stereocenters. The molecule has 7 heteroatoms. The predicted molar refractivity (Wildman–Crippen MR) is 81.3 cm³/mol. The van der Waals surface area contributed by atoms with Gasteiger partial charge >= 0.3 is 6.03 Å². The number of hydrazine groups is 1. The van der Waals surface area contributed by atoms with Crippen LogP contribution in [0.1, 0.15) is 44.9 Å². The van der Waals surface area contributed by atoms with Crippen LogP contribution in [0.2, 0.25) is 0 Å². The molecule has 2 amide bonds. The van der Waals surface area contributed by atoms with Crippen LogP contribution in [-0.4, -0.2) is 36.4 Å². The number of carbonyl (C=O) groups is 1. The number of urea groups is 1. The highest BCUT2D eigenvalue weighted by molar-refractivity contribution is 7.80. The monoisotopic (exact) mass is 300 g/mol. The first-order valence-corrected chi connectivity index (χ1v) is 7.87. The van der Waals surface area contributed by atoms with Crippen molar-refractivity contribution >= 4 is 23.4 Å². The minimum atomic E-state index is -0.224. The summed E-state index contributed by atoms with van der Waals surface area (Å²) in [6.07, 6.45) is 8.18. The van der Waals surface area contributed by atoms with E-state index in [9.17, 15) is 4.79 Å². The van der Waals surface area contributed by atoms with Gasteiger partial charge in [-0.1, -0.05) is 19.3 Å². The summed E-state index contributed by atoms with van der Waals surface area (Å²) in [7, 11) is 0. The Kier molecular flexibility index (Phi) is 6.32. The van der Waals surface area contributed by atoms with E-state index < -0.39 is 0 Å². The van der Waals surface area contributed by atoms with Crippen LogP contribution in [-0.2, 0) is 4.74 Å². The summed E-state index contributed by atoms with van der Waals surface area (Å²) in [5.41, 5.74) is 5.26. The van der Waals surface area contributed by atoms with Gasteiger partial charge in [-0.15, -0.1) is 0 Å². The van der Waals surface area contributed by atoms with Gasteiger partial charge in [0.15, 0.2) is 5.11 Å². The summed E-state index contributed by atoms with van der Waals surface area (Å²) in [4.78, 5) is 11.7. The summed E-state index contributed by atoms with van der Waals surface area (Å²) < 4.78 is 5.48. The Morgan fingerprint density at radius 3 is 2.60 bits per heavy atom. The van der Waals surface area contributed by atoms with E-state index in [1.807, 2.05) is 0 Å². The van der Waals surface area contributed by atoms with E-state index in [0.29, 0.717) is 17.7 Å². The number of thiocarbonyl (C=S) groups is 1. The number of hydrogen-bond acceptors (Lipinski definition) is 3. The fourth-order valence-corrected chi connectivity index (χ4v) is 2.77. The average Bonchev–Trinajstić information content (AvgIpc) is 2.97. The molecule has 4 N–H and O–H groups in total. The summed E-state index contributed by atoms with van der Waals surface area (Å²) >= 11 is 5.09. The maximum absolute atomic E-state index is 11.7. The fraction of sp³-hybridized carbons (Fsp3) is 0.846. The molecule has 1 saturated carbocycles. The minimum Gasteiger partial charge on any atom is -0.376 e. The van der Waals surface area contributed by atoms with Crippen LogP contribution in [0.25, 0.3) is 0 Å². The van der Waals surface area contributed by atoms with Gasteiger partial charge in [-0.3, -0.25) is 5.43 Å². The number of amides is 2. The smallest absolute Gasteiger partial charge is 0.333 e. The van der Waals surface area contributed by atoms with Crippen LogP contribution < -0.4 is 21.5 Å². The number of hydrogen-bond donors (Lipinski definition) is 4. The highest BCUT2D eigenvalue weighted by Gasteiger charge is 2.16. The minimum absolute atomic E-state index is 0.224. The second-order valence-electron chi connectivity index (χ2n) is 5.40. The lowest BCUT2D eigenvalue weighted by atomic mass is 9.96. The van der Waals surface area contributed by atoms with E-state index >= 15 is 0 Å². The normalized spacial score (nSPS) is 23.1. The van der Waals surface area contributed by atoms with Crippen LogP contribution in [0.5, 0.6) is 0 Å². The van der Waals surface area contributed by atoms with Crippen LogP contribution in [0, 0.1) is 0 Å². The molecule has 0 radical (unpaired) electrons. The Hall–Kier alpha value is -1.08. The molecule has 0 bridgehead atoms. The van der Waals surface area contributed by atoms with Gasteiger partial charge in [0.25, 0.3) is 0 Å². The first-order valence-electron chi connectivity index (χ1n) is 7.46. The Morgan fingerprint density at radius 2 is 1.90 bits per heavy atom. The molecule has 6 nitrogen and oxygen atoms in total. The number of rotatable bonds is 3. The average molecular weight is 300 g/mol. The molecule has 2 aliphatic rings. The zero-order valence-corrected chi connectivity index (χ0v) is 12.6.